The molecule has 2 amide bonds. The zero-order chi connectivity index (χ0) is 14.9. The van der Waals surface area contributed by atoms with Crippen molar-refractivity contribution in [2.45, 2.75) is 32.7 Å². The summed E-state index contributed by atoms with van der Waals surface area (Å²) in [5.74, 6) is 5.78. The molecule has 108 valence electrons. The standard InChI is InChI=1S/C12H18N6O2/c1-4-7-9(17-13)14-6-15-10(7)18-5-8(19)16-11(20)12(18,2)3/h6H,4-5,13H2,1-3H3,(H,14,15,17)(H,16,19,20). The summed E-state index contributed by atoms with van der Waals surface area (Å²) in [5, 5.41) is 2.33. The Morgan fingerprint density at radius 2 is 2.15 bits per heavy atom. The monoisotopic (exact) mass is 278 g/mol. The number of imide groups is 1. The Kier molecular flexibility index (Phi) is 3.58. The lowest BCUT2D eigenvalue weighted by atomic mass is 9.97. The number of hydrogen-bond acceptors (Lipinski definition) is 7. The fourth-order valence-corrected chi connectivity index (χ4v) is 2.21. The number of piperazine rings is 1. The summed E-state index contributed by atoms with van der Waals surface area (Å²) in [6.07, 6.45) is 1.98. The van der Waals surface area contributed by atoms with E-state index in [9.17, 15) is 9.59 Å². The molecule has 1 saturated heterocycles. The third-order valence-corrected chi connectivity index (χ3v) is 3.45. The molecular formula is C12H18N6O2. The van der Waals surface area contributed by atoms with Crippen molar-refractivity contribution < 1.29 is 9.59 Å². The van der Waals surface area contributed by atoms with Gasteiger partial charge in [-0.1, -0.05) is 6.92 Å². The zero-order valence-electron chi connectivity index (χ0n) is 11.7. The minimum atomic E-state index is -0.877. The van der Waals surface area contributed by atoms with E-state index in [-0.39, 0.29) is 18.4 Å². The molecule has 0 bridgehead atoms. The van der Waals surface area contributed by atoms with E-state index < -0.39 is 5.54 Å². The van der Waals surface area contributed by atoms with Crippen molar-refractivity contribution in [1.82, 2.24) is 15.3 Å². The Hall–Kier alpha value is -2.22. The van der Waals surface area contributed by atoms with E-state index >= 15 is 0 Å². The van der Waals surface area contributed by atoms with Gasteiger partial charge in [0.2, 0.25) is 5.91 Å². The maximum Gasteiger partial charge on any atom is 0.251 e. The number of nitrogen functional groups attached to an aromatic ring is 1. The summed E-state index contributed by atoms with van der Waals surface area (Å²) in [5.41, 5.74) is 2.40. The molecule has 0 spiro atoms. The van der Waals surface area contributed by atoms with Crippen molar-refractivity contribution in [2.24, 2.45) is 5.84 Å². The second-order valence-electron chi connectivity index (χ2n) is 5.04. The molecule has 4 N–H and O–H groups in total. The van der Waals surface area contributed by atoms with Gasteiger partial charge in [0.15, 0.2) is 0 Å². The molecule has 0 aromatic carbocycles. The molecule has 2 heterocycles. The van der Waals surface area contributed by atoms with Crippen LogP contribution in [0.15, 0.2) is 6.33 Å². The van der Waals surface area contributed by atoms with Crippen LogP contribution >= 0.6 is 0 Å². The number of rotatable bonds is 3. The highest BCUT2D eigenvalue weighted by Gasteiger charge is 2.42. The molecule has 0 atom stereocenters. The van der Waals surface area contributed by atoms with Gasteiger partial charge in [-0.15, -0.1) is 0 Å². The quantitative estimate of drug-likeness (QED) is 0.390. The normalized spacial score (nSPS) is 17.9. The largest absolute Gasteiger partial charge is 0.333 e. The van der Waals surface area contributed by atoms with E-state index in [0.29, 0.717) is 18.1 Å². The van der Waals surface area contributed by atoms with Gasteiger partial charge in [0.05, 0.1) is 6.54 Å². The van der Waals surface area contributed by atoms with Crippen LogP contribution in [0.5, 0.6) is 0 Å². The summed E-state index contributed by atoms with van der Waals surface area (Å²) in [6, 6.07) is 0. The molecular weight excluding hydrogens is 260 g/mol. The van der Waals surface area contributed by atoms with E-state index in [1.807, 2.05) is 6.92 Å². The lowest BCUT2D eigenvalue weighted by Gasteiger charge is -2.41. The number of hydrazine groups is 1. The van der Waals surface area contributed by atoms with Crippen LogP contribution in [-0.2, 0) is 16.0 Å². The molecule has 1 aliphatic rings. The van der Waals surface area contributed by atoms with Crippen molar-refractivity contribution in [3.05, 3.63) is 11.9 Å². The first-order chi connectivity index (χ1) is 9.41. The van der Waals surface area contributed by atoms with Crippen LogP contribution in [0.2, 0.25) is 0 Å². The van der Waals surface area contributed by atoms with Gasteiger partial charge in [-0.3, -0.25) is 14.9 Å². The average Bonchev–Trinajstić information content (AvgIpc) is 2.42. The first-order valence-electron chi connectivity index (χ1n) is 6.34. The van der Waals surface area contributed by atoms with Gasteiger partial charge in [0, 0.05) is 5.56 Å². The molecule has 8 heteroatoms. The van der Waals surface area contributed by atoms with Crippen LogP contribution in [0.1, 0.15) is 26.3 Å². The van der Waals surface area contributed by atoms with E-state index in [4.69, 9.17) is 5.84 Å². The maximum atomic E-state index is 12.0. The fourth-order valence-electron chi connectivity index (χ4n) is 2.21. The summed E-state index contributed by atoms with van der Waals surface area (Å²) in [7, 11) is 0. The Bertz CT molecular complexity index is 557. The molecule has 0 aliphatic carbocycles. The maximum absolute atomic E-state index is 12.0. The lowest BCUT2D eigenvalue weighted by Crippen LogP contribution is -2.64. The van der Waals surface area contributed by atoms with E-state index in [2.05, 4.69) is 20.7 Å². The minimum Gasteiger partial charge on any atom is -0.333 e. The molecule has 2 rings (SSSR count). The molecule has 0 saturated carbocycles. The second-order valence-corrected chi connectivity index (χ2v) is 5.04. The van der Waals surface area contributed by atoms with Gasteiger partial charge in [-0.25, -0.2) is 15.8 Å². The number of aromatic nitrogens is 2. The summed E-state index contributed by atoms with van der Waals surface area (Å²) in [6.45, 7) is 5.48. The third kappa shape index (κ3) is 2.18. The molecule has 0 unspecified atom stereocenters. The molecule has 8 nitrogen and oxygen atoms in total. The number of hydrogen-bond donors (Lipinski definition) is 3. The number of carbonyl (C=O) groups excluding carboxylic acids is 2. The van der Waals surface area contributed by atoms with Crippen molar-refractivity contribution in [3.8, 4) is 0 Å². The van der Waals surface area contributed by atoms with Crippen molar-refractivity contribution in [1.29, 1.82) is 0 Å². The number of nitrogens with zero attached hydrogens (tertiary/aromatic N) is 3. The SMILES string of the molecule is CCc1c(NN)ncnc1N1CC(=O)NC(=O)C1(C)C. The highest BCUT2D eigenvalue weighted by molar-refractivity contribution is 6.06. The Morgan fingerprint density at radius 1 is 1.45 bits per heavy atom. The van der Waals surface area contributed by atoms with Crippen LogP contribution < -0.4 is 21.5 Å². The molecule has 20 heavy (non-hydrogen) atoms. The smallest absolute Gasteiger partial charge is 0.251 e. The summed E-state index contributed by atoms with van der Waals surface area (Å²) >= 11 is 0. The second kappa shape index (κ2) is 5.04. The first-order valence-corrected chi connectivity index (χ1v) is 6.34. The topological polar surface area (TPSA) is 113 Å². The fraction of sp³-hybridized carbons (Fsp3) is 0.500. The summed E-state index contributed by atoms with van der Waals surface area (Å²) in [4.78, 5) is 33.6. The Labute approximate surface area is 116 Å². The first kappa shape index (κ1) is 14.2. The van der Waals surface area contributed by atoms with E-state index in [0.717, 1.165) is 5.56 Å². The number of carbonyl (C=O) groups is 2. The van der Waals surface area contributed by atoms with Gasteiger partial charge < -0.3 is 10.3 Å². The van der Waals surface area contributed by atoms with Crippen LogP contribution in [0, 0.1) is 0 Å². The van der Waals surface area contributed by atoms with Crippen LogP contribution in [0.25, 0.3) is 0 Å². The average molecular weight is 278 g/mol. The number of amides is 2. The summed E-state index contributed by atoms with van der Waals surface area (Å²) < 4.78 is 0. The molecule has 1 aromatic rings. The van der Waals surface area contributed by atoms with Gasteiger partial charge in [0.25, 0.3) is 5.91 Å². The molecule has 1 fully saturated rings. The van der Waals surface area contributed by atoms with Gasteiger partial charge in [-0.2, -0.15) is 0 Å². The Balaban J connectivity index is 2.54. The minimum absolute atomic E-state index is 0.0623. The van der Waals surface area contributed by atoms with Gasteiger partial charge >= 0.3 is 0 Å². The predicted octanol–water partition coefficient (Wildman–Crippen LogP) is -0.434. The molecule has 1 aromatic heterocycles. The number of nitrogens with one attached hydrogen (secondary N) is 2. The van der Waals surface area contributed by atoms with Crippen LogP contribution in [0.4, 0.5) is 11.6 Å². The van der Waals surface area contributed by atoms with Crippen molar-refractivity contribution >= 4 is 23.5 Å². The predicted molar refractivity (Wildman–Crippen MR) is 73.8 cm³/mol. The third-order valence-electron chi connectivity index (χ3n) is 3.45. The van der Waals surface area contributed by atoms with Gasteiger partial charge in [0.1, 0.15) is 23.5 Å². The number of anilines is 2. The van der Waals surface area contributed by atoms with Crippen molar-refractivity contribution in [3.63, 3.8) is 0 Å². The van der Waals surface area contributed by atoms with Crippen LogP contribution in [-0.4, -0.2) is 33.9 Å². The van der Waals surface area contributed by atoms with E-state index in [1.54, 1.807) is 18.7 Å². The zero-order valence-corrected chi connectivity index (χ0v) is 11.7. The van der Waals surface area contributed by atoms with Gasteiger partial charge in [-0.05, 0) is 20.3 Å². The molecule has 1 aliphatic heterocycles. The molecule has 0 radical (unpaired) electrons. The van der Waals surface area contributed by atoms with Crippen molar-refractivity contribution in [2.75, 3.05) is 16.9 Å². The lowest BCUT2D eigenvalue weighted by molar-refractivity contribution is -0.135. The van der Waals surface area contributed by atoms with E-state index in [1.165, 1.54) is 6.33 Å². The van der Waals surface area contributed by atoms with Crippen LogP contribution in [0.3, 0.4) is 0 Å². The number of nitrogens with two attached hydrogens (primary N) is 1. The highest BCUT2D eigenvalue weighted by Crippen LogP contribution is 2.30. The highest BCUT2D eigenvalue weighted by atomic mass is 16.2. The Morgan fingerprint density at radius 3 is 2.75 bits per heavy atom.